The zero-order valence-corrected chi connectivity index (χ0v) is 22.6. The minimum absolute atomic E-state index is 0.0327. The van der Waals surface area contributed by atoms with Gasteiger partial charge in [-0.25, -0.2) is 4.79 Å². The molecule has 2 heterocycles. The van der Waals surface area contributed by atoms with Crippen LogP contribution in [-0.4, -0.2) is 52.9 Å². The first-order chi connectivity index (χ1) is 18.4. The normalized spacial score (nSPS) is 17.8. The van der Waals surface area contributed by atoms with Gasteiger partial charge in [-0.15, -0.1) is 0 Å². The predicted octanol–water partition coefficient (Wildman–Crippen LogP) is 6.18. The molecule has 3 aromatic rings. The van der Waals surface area contributed by atoms with Gasteiger partial charge < -0.3 is 24.0 Å². The summed E-state index contributed by atoms with van der Waals surface area (Å²) >= 11 is 6.55. The molecule has 2 aromatic carbocycles. The molecule has 8 nitrogen and oxygen atoms in total. The molecule has 2 fully saturated rings. The summed E-state index contributed by atoms with van der Waals surface area (Å²) in [5.41, 5.74) is 2.39. The summed E-state index contributed by atoms with van der Waals surface area (Å²) in [4.78, 5) is 28.7. The number of hydrogen-bond acceptors (Lipinski definition) is 4. The van der Waals surface area contributed by atoms with Crippen molar-refractivity contribution in [1.29, 1.82) is 0 Å². The lowest BCUT2D eigenvalue weighted by atomic mass is 10.1. The summed E-state index contributed by atoms with van der Waals surface area (Å²) in [5, 5.41) is 10.5. The Balaban J connectivity index is 1.36. The SMILES string of the molecule is COc1ccc(N2CC[C@H](C)N(Cc3cccc4c3c(Cl)cn4CC(=O)O)C2=O)cc1OCCCC1CC1. The van der Waals surface area contributed by atoms with Crippen molar-refractivity contribution in [1.82, 2.24) is 9.47 Å². The highest BCUT2D eigenvalue weighted by atomic mass is 35.5. The second-order valence-corrected chi connectivity index (χ2v) is 10.7. The molecule has 1 saturated heterocycles. The van der Waals surface area contributed by atoms with E-state index >= 15 is 0 Å². The maximum atomic E-state index is 13.8. The number of anilines is 1. The van der Waals surface area contributed by atoms with Gasteiger partial charge in [-0.1, -0.05) is 36.6 Å². The summed E-state index contributed by atoms with van der Waals surface area (Å²) in [5.74, 6) is 1.23. The quantitative estimate of drug-likeness (QED) is 0.294. The van der Waals surface area contributed by atoms with Gasteiger partial charge in [0.2, 0.25) is 0 Å². The number of ether oxygens (including phenoxy) is 2. The van der Waals surface area contributed by atoms with Gasteiger partial charge in [0.1, 0.15) is 6.54 Å². The highest BCUT2D eigenvalue weighted by Crippen LogP contribution is 2.36. The third kappa shape index (κ3) is 5.55. The van der Waals surface area contributed by atoms with Crippen molar-refractivity contribution < 1.29 is 24.2 Å². The molecular weight excluding hydrogens is 506 g/mol. The summed E-state index contributed by atoms with van der Waals surface area (Å²) in [6, 6.07) is 11.3. The number of carbonyl (C=O) groups excluding carboxylic acids is 1. The van der Waals surface area contributed by atoms with Gasteiger partial charge >= 0.3 is 12.0 Å². The number of methoxy groups -OCH3 is 1. The zero-order valence-electron chi connectivity index (χ0n) is 21.9. The maximum Gasteiger partial charge on any atom is 0.325 e. The number of carboxylic acids is 1. The van der Waals surface area contributed by atoms with E-state index in [9.17, 15) is 14.7 Å². The number of fused-ring (bicyclic) bond motifs is 1. The molecule has 38 heavy (non-hydrogen) atoms. The Morgan fingerprint density at radius 3 is 2.71 bits per heavy atom. The van der Waals surface area contributed by atoms with Crippen LogP contribution in [0.3, 0.4) is 0 Å². The van der Waals surface area contributed by atoms with Gasteiger partial charge in [0, 0.05) is 42.5 Å². The summed E-state index contributed by atoms with van der Waals surface area (Å²) < 4.78 is 13.2. The number of aromatic nitrogens is 1. The van der Waals surface area contributed by atoms with Crippen molar-refractivity contribution >= 4 is 40.2 Å². The summed E-state index contributed by atoms with van der Waals surface area (Å²) in [6.45, 7) is 3.46. The Kier molecular flexibility index (Phi) is 7.70. The second kappa shape index (κ2) is 11.2. The Hall–Kier alpha value is -3.39. The largest absolute Gasteiger partial charge is 0.493 e. The van der Waals surface area contributed by atoms with Crippen LogP contribution in [0.15, 0.2) is 42.6 Å². The molecular formula is C29H34ClN3O5. The molecule has 0 bridgehead atoms. The van der Waals surface area contributed by atoms with Gasteiger partial charge in [-0.2, -0.15) is 0 Å². The monoisotopic (exact) mass is 539 g/mol. The van der Waals surface area contributed by atoms with Crippen molar-refractivity contribution in [3.63, 3.8) is 0 Å². The molecule has 1 aliphatic heterocycles. The Morgan fingerprint density at radius 1 is 1.16 bits per heavy atom. The van der Waals surface area contributed by atoms with E-state index in [1.54, 1.807) is 22.8 Å². The molecule has 202 valence electrons. The van der Waals surface area contributed by atoms with E-state index in [-0.39, 0.29) is 18.6 Å². The third-order valence-corrected chi connectivity index (χ3v) is 7.83. The highest BCUT2D eigenvalue weighted by Gasteiger charge is 2.33. The highest BCUT2D eigenvalue weighted by molar-refractivity contribution is 6.36. The van der Waals surface area contributed by atoms with Crippen LogP contribution in [-0.2, 0) is 17.9 Å². The number of halogens is 1. The molecule has 9 heteroatoms. The van der Waals surface area contributed by atoms with Crippen molar-refractivity contribution in [2.75, 3.05) is 25.2 Å². The zero-order chi connectivity index (χ0) is 26.8. The summed E-state index contributed by atoms with van der Waals surface area (Å²) in [6.07, 6.45) is 7.31. The second-order valence-electron chi connectivity index (χ2n) is 10.3. The fourth-order valence-corrected chi connectivity index (χ4v) is 5.58. The molecule has 1 atom stereocenters. The van der Waals surface area contributed by atoms with Crippen LogP contribution in [0, 0.1) is 5.92 Å². The number of rotatable bonds is 11. The van der Waals surface area contributed by atoms with Crippen LogP contribution in [0.5, 0.6) is 11.5 Å². The molecule has 1 saturated carbocycles. The summed E-state index contributed by atoms with van der Waals surface area (Å²) in [7, 11) is 1.62. The average molecular weight is 540 g/mol. The van der Waals surface area contributed by atoms with Crippen molar-refractivity contribution in [3.8, 4) is 11.5 Å². The van der Waals surface area contributed by atoms with Crippen LogP contribution >= 0.6 is 11.6 Å². The van der Waals surface area contributed by atoms with Crippen LogP contribution < -0.4 is 14.4 Å². The number of amides is 2. The average Bonchev–Trinajstić information content (AvgIpc) is 3.67. The van der Waals surface area contributed by atoms with Crippen molar-refractivity contribution in [2.24, 2.45) is 5.92 Å². The molecule has 0 unspecified atom stereocenters. The molecule has 0 radical (unpaired) electrons. The topological polar surface area (TPSA) is 84.2 Å². The standard InChI is InChI=1S/C29H34ClN3O5/c1-19-12-13-32(22-10-11-25(37-2)26(15-22)38-14-4-5-20-8-9-20)29(36)33(19)16-21-6-3-7-24-28(21)23(30)17-31(24)18-27(34)35/h3,6-7,10-11,15,17,19-20H,4-5,8-9,12-14,16,18H2,1-2H3,(H,34,35)/t19-/m0/s1. The van der Waals surface area contributed by atoms with Gasteiger partial charge in [0.15, 0.2) is 11.5 Å². The van der Waals surface area contributed by atoms with E-state index in [4.69, 9.17) is 21.1 Å². The van der Waals surface area contributed by atoms with E-state index in [1.807, 2.05) is 41.3 Å². The molecule has 2 aliphatic rings. The molecule has 1 N–H and O–H groups in total. The Labute approximate surface area is 227 Å². The lowest BCUT2D eigenvalue weighted by molar-refractivity contribution is -0.137. The fraction of sp³-hybridized carbons (Fsp3) is 0.448. The van der Waals surface area contributed by atoms with Crippen molar-refractivity contribution in [2.45, 2.75) is 58.2 Å². The molecule has 5 rings (SSSR count). The number of urea groups is 1. The number of nitrogens with zero attached hydrogens (tertiary/aromatic N) is 3. The van der Waals surface area contributed by atoms with Gasteiger partial charge in [-0.05, 0) is 55.9 Å². The molecule has 2 amide bonds. The molecule has 0 spiro atoms. The fourth-order valence-electron chi connectivity index (χ4n) is 5.25. The minimum Gasteiger partial charge on any atom is -0.493 e. The van der Waals surface area contributed by atoms with E-state index in [1.165, 1.54) is 19.3 Å². The Bertz CT molecular complexity index is 1340. The first-order valence-electron chi connectivity index (χ1n) is 13.2. The first kappa shape index (κ1) is 26.2. The number of carboxylic acid groups (broad SMARTS) is 1. The van der Waals surface area contributed by atoms with Crippen molar-refractivity contribution in [3.05, 3.63) is 53.2 Å². The van der Waals surface area contributed by atoms with E-state index < -0.39 is 5.97 Å². The smallest absolute Gasteiger partial charge is 0.325 e. The van der Waals surface area contributed by atoms with Gasteiger partial charge in [-0.3, -0.25) is 9.69 Å². The number of hydrogen-bond donors (Lipinski definition) is 1. The van der Waals surface area contributed by atoms with E-state index in [2.05, 4.69) is 6.92 Å². The van der Waals surface area contributed by atoms with Gasteiger partial charge in [0.25, 0.3) is 0 Å². The lowest BCUT2D eigenvalue weighted by Crippen LogP contribution is -2.53. The third-order valence-electron chi connectivity index (χ3n) is 7.54. The number of carbonyl (C=O) groups is 2. The minimum atomic E-state index is -0.940. The Morgan fingerprint density at radius 2 is 1.97 bits per heavy atom. The first-order valence-corrected chi connectivity index (χ1v) is 13.6. The van der Waals surface area contributed by atoms with E-state index in [0.717, 1.165) is 40.9 Å². The maximum absolute atomic E-state index is 13.8. The molecule has 1 aromatic heterocycles. The van der Waals surface area contributed by atoms with Crippen LogP contribution in [0.4, 0.5) is 10.5 Å². The molecule has 1 aliphatic carbocycles. The predicted molar refractivity (Wildman–Crippen MR) is 147 cm³/mol. The van der Waals surface area contributed by atoms with Crippen LogP contribution in [0.1, 0.15) is 44.6 Å². The van der Waals surface area contributed by atoms with Gasteiger partial charge in [0.05, 0.1) is 24.3 Å². The number of aliphatic carboxylic acids is 1. The van der Waals surface area contributed by atoms with Crippen LogP contribution in [0.2, 0.25) is 5.02 Å². The lowest BCUT2D eigenvalue weighted by Gasteiger charge is -2.40. The van der Waals surface area contributed by atoms with E-state index in [0.29, 0.717) is 36.2 Å². The van der Waals surface area contributed by atoms with Crippen LogP contribution in [0.25, 0.3) is 10.9 Å². The number of benzene rings is 2.